The van der Waals surface area contributed by atoms with E-state index in [1.54, 1.807) is 18.2 Å². The molecule has 1 aromatic rings. The molecule has 0 bridgehead atoms. The van der Waals surface area contributed by atoms with Gasteiger partial charge in [0.05, 0.1) is 6.61 Å². The predicted octanol–water partition coefficient (Wildman–Crippen LogP) is 1.86. The molecule has 0 heterocycles. The molecule has 0 fully saturated rings. The highest BCUT2D eigenvalue weighted by molar-refractivity contribution is 5.20. The second-order valence-corrected chi connectivity index (χ2v) is 3.49. The fourth-order valence-electron chi connectivity index (χ4n) is 1.40. The van der Waals surface area contributed by atoms with Gasteiger partial charge in [-0.3, -0.25) is 0 Å². The van der Waals surface area contributed by atoms with Crippen molar-refractivity contribution in [2.45, 2.75) is 25.9 Å². The largest absolute Gasteiger partial charge is 0.395 e. The van der Waals surface area contributed by atoms with Crippen LogP contribution in [-0.2, 0) is 0 Å². The third-order valence-corrected chi connectivity index (χ3v) is 2.18. The van der Waals surface area contributed by atoms with Crippen molar-refractivity contribution in [1.82, 2.24) is 5.32 Å². The molecule has 2 atom stereocenters. The van der Waals surface area contributed by atoms with Crippen molar-refractivity contribution in [3.05, 3.63) is 35.6 Å². The van der Waals surface area contributed by atoms with Crippen LogP contribution in [0.4, 0.5) is 4.39 Å². The van der Waals surface area contributed by atoms with Crippen LogP contribution in [0.5, 0.6) is 0 Å². The van der Waals surface area contributed by atoms with Crippen LogP contribution in [0.2, 0.25) is 0 Å². The molecule has 0 aromatic heterocycles. The first kappa shape index (κ1) is 11.1. The number of benzene rings is 1. The Morgan fingerprint density at radius 2 is 2.00 bits per heavy atom. The second kappa shape index (κ2) is 5.08. The number of aliphatic hydroxyl groups excluding tert-OH is 1. The fraction of sp³-hybridized carbons (Fsp3) is 0.455. The van der Waals surface area contributed by atoms with Gasteiger partial charge in [-0.1, -0.05) is 18.2 Å². The molecule has 2 N–H and O–H groups in total. The van der Waals surface area contributed by atoms with Crippen molar-refractivity contribution in [2.24, 2.45) is 0 Å². The Kier molecular flexibility index (Phi) is 4.04. The molecule has 0 radical (unpaired) electrons. The van der Waals surface area contributed by atoms with Crippen LogP contribution < -0.4 is 5.32 Å². The zero-order valence-corrected chi connectivity index (χ0v) is 8.50. The molecule has 3 heteroatoms. The van der Waals surface area contributed by atoms with E-state index < -0.39 is 0 Å². The Morgan fingerprint density at radius 3 is 2.57 bits per heavy atom. The first-order valence-electron chi connectivity index (χ1n) is 4.76. The lowest BCUT2D eigenvalue weighted by molar-refractivity contribution is 0.242. The Hall–Kier alpha value is -0.930. The third-order valence-electron chi connectivity index (χ3n) is 2.18. The van der Waals surface area contributed by atoms with Gasteiger partial charge in [0, 0.05) is 17.6 Å². The molecule has 0 unspecified atom stereocenters. The molecule has 1 aromatic carbocycles. The van der Waals surface area contributed by atoms with Gasteiger partial charge in [-0.25, -0.2) is 4.39 Å². The van der Waals surface area contributed by atoms with Crippen LogP contribution in [0, 0.1) is 5.82 Å². The van der Waals surface area contributed by atoms with Gasteiger partial charge in [-0.2, -0.15) is 0 Å². The minimum atomic E-state index is -0.211. The van der Waals surface area contributed by atoms with Crippen molar-refractivity contribution < 1.29 is 9.50 Å². The van der Waals surface area contributed by atoms with E-state index in [1.165, 1.54) is 6.07 Å². The maximum absolute atomic E-state index is 13.3. The van der Waals surface area contributed by atoms with Gasteiger partial charge in [-0.15, -0.1) is 0 Å². The summed E-state index contributed by atoms with van der Waals surface area (Å²) in [4.78, 5) is 0. The van der Waals surface area contributed by atoms with Crippen molar-refractivity contribution in [3.63, 3.8) is 0 Å². The number of hydrogen-bond acceptors (Lipinski definition) is 2. The number of hydrogen-bond donors (Lipinski definition) is 2. The Morgan fingerprint density at radius 1 is 1.36 bits per heavy atom. The standard InChI is InChI=1S/C11H16FNO/c1-8(7-14)13-9(2)10-5-3-4-6-11(10)12/h3-6,8-9,13-14H,7H2,1-2H3/t8-,9-/m1/s1. The quantitative estimate of drug-likeness (QED) is 0.772. The lowest BCUT2D eigenvalue weighted by Gasteiger charge is -2.18. The molecule has 0 spiro atoms. The summed E-state index contributed by atoms with van der Waals surface area (Å²) in [5, 5.41) is 11.9. The molecule has 0 saturated carbocycles. The Labute approximate surface area is 83.8 Å². The molecule has 0 aliphatic carbocycles. The van der Waals surface area contributed by atoms with Gasteiger partial charge in [0.1, 0.15) is 5.82 Å². The predicted molar refractivity (Wildman–Crippen MR) is 54.5 cm³/mol. The first-order valence-corrected chi connectivity index (χ1v) is 4.76. The van der Waals surface area contributed by atoms with Crippen molar-refractivity contribution >= 4 is 0 Å². The highest BCUT2D eigenvalue weighted by atomic mass is 19.1. The van der Waals surface area contributed by atoms with Crippen LogP contribution >= 0.6 is 0 Å². The van der Waals surface area contributed by atoms with Gasteiger partial charge in [0.15, 0.2) is 0 Å². The number of nitrogens with one attached hydrogen (secondary N) is 1. The van der Waals surface area contributed by atoms with Gasteiger partial charge in [0.2, 0.25) is 0 Å². The second-order valence-electron chi connectivity index (χ2n) is 3.49. The van der Waals surface area contributed by atoms with Crippen LogP contribution in [0.1, 0.15) is 25.5 Å². The summed E-state index contributed by atoms with van der Waals surface area (Å²) in [6, 6.07) is 6.55. The summed E-state index contributed by atoms with van der Waals surface area (Å²) in [5.41, 5.74) is 0.632. The highest BCUT2D eigenvalue weighted by Crippen LogP contribution is 2.16. The van der Waals surface area contributed by atoms with Crippen molar-refractivity contribution in [1.29, 1.82) is 0 Å². The van der Waals surface area contributed by atoms with Crippen LogP contribution in [0.25, 0.3) is 0 Å². The van der Waals surface area contributed by atoms with E-state index in [2.05, 4.69) is 5.32 Å². The summed E-state index contributed by atoms with van der Waals surface area (Å²) < 4.78 is 13.3. The fourth-order valence-corrected chi connectivity index (χ4v) is 1.40. The molecule has 0 aliphatic heterocycles. The van der Waals surface area contributed by atoms with Gasteiger partial charge >= 0.3 is 0 Å². The molecule has 0 amide bonds. The zero-order chi connectivity index (χ0) is 10.6. The van der Waals surface area contributed by atoms with Gasteiger partial charge in [0.25, 0.3) is 0 Å². The minimum absolute atomic E-state index is 0.0235. The maximum Gasteiger partial charge on any atom is 0.127 e. The van der Waals surface area contributed by atoms with E-state index >= 15 is 0 Å². The molecule has 14 heavy (non-hydrogen) atoms. The molecule has 78 valence electrons. The summed E-state index contributed by atoms with van der Waals surface area (Å²) >= 11 is 0. The molecular weight excluding hydrogens is 181 g/mol. The maximum atomic E-state index is 13.3. The van der Waals surface area contributed by atoms with E-state index in [0.29, 0.717) is 5.56 Å². The molecule has 2 nitrogen and oxygen atoms in total. The summed E-state index contributed by atoms with van der Waals surface area (Å²) in [6.07, 6.45) is 0. The summed E-state index contributed by atoms with van der Waals surface area (Å²) in [6.45, 7) is 3.79. The summed E-state index contributed by atoms with van der Waals surface area (Å²) in [7, 11) is 0. The Bertz CT molecular complexity index is 290. The first-order chi connectivity index (χ1) is 6.65. The van der Waals surface area contributed by atoms with Gasteiger partial charge in [-0.05, 0) is 19.9 Å². The van der Waals surface area contributed by atoms with Crippen molar-refractivity contribution in [3.8, 4) is 0 Å². The van der Waals surface area contributed by atoms with E-state index in [9.17, 15) is 4.39 Å². The molecule has 0 aliphatic rings. The molecule has 1 rings (SSSR count). The average Bonchev–Trinajstić information content (AvgIpc) is 2.18. The van der Waals surface area contributed by atoms with E-state index in [4.69, 9.17) is 5.11 Å². The Balaban J connectivity index is 2.69. The molecule has 0 saturated heterocycles. The van der Waals surface area contributed by atoms with E-state index in [-0.39, 0.29) is 24.5 Å². The number of rotatable bonds is 4. The summed E-state index contributed by atoms with van der Waals surface area (Å²) in [5.74, 6) is -0.211. The van der Waals surface area contributed by atoms with Crippen LogP contribution in [-0.4, -0.2) is 17.8 Å². The van der Waals surface area contributed by atoms with E-state index in [0.717, 1.165) is 0 Å². The molecular formula is C11H16FNO. The highest BCUT2D eigenvalue weighted by Gasteiger charge is 2.11. The zero-order valence-electron chi connectivity index (χ0n) is 8.50. The van der Waals surface area contributed by atoms with Crippen LogP contribution in [0.3, 0.4) is 0 Å². The average molecular weight is 197 g/mol. The lowest BCUT2D eigenvalue weighted by Crippen LogP contribution is -2.32. The number of halogens is 1. The minimum Gasteiger partial charge on any atom is -0.395 e. The van der Waals surface area contributed by atoms with Crippen molar-refractivity contribution in [2.75, 3.05) is 6.61 Å². The smallest absolute Gasteiger partial charge is 0.127 e. The number of aliphatic hydroxyl groups is 1. The lowest BCUT2D eigenvalue weighted by atomic mass is 10.1. The SMILES string of the molecule is C[C@H](CO)N[C@H](C)c1ccccc1F. The monoisotopic (exact) mass is 197 g/mol. The topological polar surface area (TPSA) is 32.3 Å². The van der Waals surface area contributed by atoms with E-state index in [1.807, 2.05) is 13.8 Å². The van der Waals surface area contributed by atoms with Crippen LogP contribution in [0.15, 0.2) is 24.3 Å². The third kappa shape index (κ3) is 2.79. The van der Waals surface area contributed by atoms with Gasteiger partial charge < -0.3 is 10.4 Å². The normalized spacial score (nSPS) is 15.1.